The minimum absolute atomic E-state index is 0.103. The number of H-pyrrole nitrogens is 1. The maximum atomic E-state index is 14.3. The molecular formula is C30H28ClF3N6O3. The van der Waals surface area contributed by atoms with Gasteiger partial charge in [-0.1, -0.05) is 72.5 Å². The molecule has 4 atom stereocenters. The average Bonchev–Trinajstić information content (AvgIpc) is 3.33. The number of epoxide rings is 1. The number of amides is 1. The van der Waals surface area contributed by atoms with Gasteiger partial charge in [-0.2, -0.15) is 5.21 Å². The highest BCUT2D eigenvalue weighted by atomic mass is 35.5. The van der Waals surface area contributed by atoms with Crippen LogP contribution in [0.2, 0.25) is 5.02 Å². The van der Waals surface area contributed by atoms with Crippen molar-refractivity contribution in [2.45, 2.75) is 63.4 Å². The van der Waals surface area contributed by atoms with Crippen molar-refractivity contribution in [1.82, 2.24) is 25.5 Å². The lowest BCUT2D eigenvalue weighted by atomic mass is 9.77. The summed E-state index contributed by atoms with van der Waals surface area (Å²) < 4.78 is 48.2. The molecule has 6 rings (SSSR count). The van der Waals surface area contributed by atoms with Crippen LogP contribution in [0.1, 0.15) is 65.5 Å². The molecule has 3 aromatic carbocycles. The minimum atomic E-state index is -4.79. The van der Waals surface area contributed by atoms with E-state index in [0.29, 0.717) is 23.1 Å². The Bertz CT molecular complexity index is 1570. The number of benzene rings is 3. The van der Waals surface area contributed by atoms with Gasteiger partial charge in [-0.25, -0.2) is 0 Å². The first-order chi connectivity index (χ1) is 20.7. The third-order valence-corrected chi connectivity index (χ3v) is 8.00. The van der Waals surface area contributed by atoms with Crippen molar-refractivity contribution in [2.24, 2.45) is 0 Å². The first kappa shape index (κ1) is 28.9. The van der Waals surface area contributed by atoms with Crippen LogP contribution in [0.4, 0.5) is 19.1 Å². The van der Waals surface area contributed by atoms with Crippen LogP contribution in [-0.2, 0) is 22.6 Å². The second-order valence-electron chi connectivity index (χ2n) is 10.6. The molecule has 0 spiro atoms. The summed E-state index contributed by atoms with van der Waals surface area (Å²) in [6.45, 7) is 2.57. The number of aromatic nitrogens is 4. The van der Waals surface area contributed by atoms with Gasteiger partial charge < -0.3 is 19.7 Å². The van der Waals surface area contributed by atoms with Crippen LogP contribution in [0, 0.1) is 0 Å². The first-order valence-electron chi connectivity index (χ1n) is 13.9. The van der Waals surface area contributed by atoms with Crippen LogP contribution in [0.25, 0.3) is 0 Å². The Hall–Kier alpha value is -4.16. The fourth-order valence-corrected chi connectivity index (χ4v) is 5.86. The van der Waals surface area contributed by atoms with E-state index in [1.807, 2.05) is 36.4 Å². The maximum Gasteiger partial charge on any atom is 0.573 e. The zero-order valence-corrected chi connectivity index (χ0v) is 23.8. The standard InChI is InChI=1S/C30H28ClF3N6O3/c1-2-3-24(17-4-6-19(7-5-17)26-27(42-26)35-29-36-38-39-37-29)25(18-8-11-22(31)12-9-18)28(41)40-15-20-10-13-23(14-21(20)16-40)43-30(32,33)34/h4-14,24-27H,2-3,15-16H2,1H3,(H2,35,36,37,38,39)/t24?,25?,26-,27?/m0/s1. The number of nitrogens with zero attached hydrogens (tertiary/aromatic N) is 4. The van der Waals surface area contributed by atoms with Crippen molar-refractivity contribution in [2.75, 3.05) is 5.32 Å². The average molecular weight is 613 g/mol. The van der Waals surface area contributed by atoms with E-state index in [1.165, 1.54) is 12.1 Å². The molecule has 1 saturated heterocycles. The summed E-state index contributed by atoms with van der Waals surface area (Å²) in [5.74, 6) is -0.742. The lowest BCUT2D eigenvalue weighted by Gasteiger charge is -2.31. The number of aromatic amines is 1. The molecule has 0 bridgehead atoms. The monoisotopic (exact) mass is 612 g/mol. The van der Waals surface area contributed by atoms with Gasteiger partial charge in [0.25, 0.3) is 5.95 Å². The number of carbonyl (C=O) groups is 1. The number of carbonyl (C=O) groups excluding carboxylic acids is 1. The summed E-state index contributed by atoms with van der Waals surface area (Å²) in [7, 11) is 0. The molecule has 224 valence electrons. The predicted molar refractivity (Wildman–Crippen MR) is 151 cm³/mol. The molecule has 3 heterocycles. The second-order valence-corrected chi connectivity index (χ2v) is 11.1. The Morgan fingerprint density at radius 3 is 2.49 bits per heavy atom. The summed E-state index contributed by atoms with van der Waals surface area (Å²) >= 11 is 6.19. The highest BCUT2D eigenvalue weighted by Crippen LogP contribution is 2.43. The lowest BCUT2D eigenvalue weighted by molar-refractivity contribution is -0.274. The van der Waals surface area contributed by atoms with Gasteiger partial charge in [0.05, 0.1) is 5.92 Å². The number of anilines is 1. The number of halogens is 4. The van der Waals surface area contributed by atoms with E-state index in [4.69, 9.17) is 16.3 Å². The summed E-state index contributed by atoms with van der Waals surface area (Å²) in [6.07, 6.45) is -3.64. The molecule has 1 fully saturated rings. The van der Waals surface area contributed by atoms with Crippen LogP contribution in [0.3, 0.4) is 0 Å². The van der Waals surface area contributed by atoms with E-state index >= 15 is 0 Å². The largest absolute Gasteiger partial charge is 0.573 e. The second kappa shape index (κ2) is 11.8. The fourth-order valence-electron chi connectivity index (χ4n) is 5.73. The highest BCUT2D eigenvalue weighted by Gasteiger charge is 2.42. The highest BCUT2D eigenvalue weighted by molar-refractivity contribution is 6.30. The molecule has 2 aliphatic rings. The smallest absolute Gasteiger partial charge is 0.406 e. The van der Waals surface area contributed by atoms with Crippen molar-refractivity contribution in [3.05, 3.63) is 99.6 Å². The van der Waals surface area contributed by atoms with Crippen LogP contribution in [0.5, 0.6) is 5.75 Å². The molecule has 43 heavy (non-hydrogen) atoms. The molecule has 13 heteroatoms. The number of rotatable bonds is 10. The Labute approximate surface area is 250 Å². The molecule has 3 unspecified atom stereocenters. The number of fused-ring (bicyclic) bond motifs is 1. The zero-order chi connectivity index (χ0) is 30.1. The summed E-state index contributed by atoms with van der Waals surface area (Å²) in [5.41, 5.74) is 4.22. The van der Waals surface area contributed by atoms with E-state index in [1.54, 1.807) is 23.1 Å². The van der Waals surface area contributed by atoms with Crippen molar-refractivity contribution >= 4 is 23.5 Å². The van der Waals surface area contributed by atoms with Crippen LogP contribution < -0.4 is 10.1 Å². The van der Waals surface area contributed by atoms with Crippen LogP contribution >= 0.6 is 11.6 Å². The predicted octanol–water partition coefficient (Wildman–Crippen LogP) is 6.47. The Kier molecular flexibility index (Phi) is 7.97. The molecule has 0 radical (unpaired) electrons. The Morgan fingerprint density at radius 1 is 1.09 bits per heavy atom. The Morgan fingerprint density at radius 2 is 1.81 bits per heavy atom. The summed E-state index contributed by atoms with van der Waals surface area (Å²) in [5, 5.41) is 17.3. The lowest BCUT2D eigenvalue weighted by Crippen LogP contribution is -2.34. The van der Waals surface area contributed by atoms with Gasteiger partial charge in [0.2, 0.25) is 5.91 Å². The number of hydrogen-bond acceptors (Lipinski definition) is 7. The third-order valence-electron chi connectivity index (χ3n) is 7.74. The Balaban J connectivity index is 1.25. The van der Waals surface area contributed by atoms with Gasteiger partial charge in [0, 0.05) is 18.1 Å². The van der Waals surface area contributed by atoms with E-state index in [9.17, 15) is 18.0 Å². The van der Waals surface area contributed by atoms with Gasteiger partial charge in [-0.05, 0) is 69.6 Å². The number of alkyl halides is 3. The van der Waals surface area contributed by atoms with Crippen molar-refractivity contribution < 1.29 is 27.4 Å². The topological polar surface area (TPSA) is 109 Å². The van der Waals surface area contributed by atoms with Gasteiger partial charge in [-0.3, -0.25) is 4.79 Å². The molecule has 9 nitrogen and oxygen atoms in total. The van der Waals surface area contributed by atoms with Gasteiger partial charge in [0.1, 0.15) is 11.9 Å². The number of hydrogen-bond donors (Lipinski definition) is 2. The first-order valence-corrected chi connectivity index (χ1v) is 14.2. The number of ether oxygens (including phenoxy) is 2. The molecule has 0 saturated carbocycles. The molecule has 2 aliphatic heterocycles. The minimum Gasteiger partial charge on any atom is -0.406 e. The van der Waals surface area contributed by atoms with E-state index in [2.05, 4.69) is 37.6 Å². The molecule has 4 aromatic rings. The third kappa shape index (κ3) is 6.60. The fraction of sp³-hybridized carbons (Fsp3) is 0.333. The molecule has 1 amide bonds. The SMILES string of the molecule is CCCC(c1ccc([C@@H]2OC2Nc2nn[nH]n2)cc1)C(C(=O)N1Cc2ccc(OC(F)(F)F)cc2C1)c1ccc(Cl)cc1. The molecule has 0 aliphatic carbocycles. The molecular weight excluding hydrogens is 585 g/mol. The van der Waals surface area contributed by atoms with Crippen molar-refractivity contribution in [3.8, 4) is 5.75 Å². The quantitative estimate of drug-likeness (QED) is 0.198. The van der Waals surface area contributed by atoms with Crippen molar-refractivity contribution in [3.63, 3.8) is 0 Å². The maximum absolute atomic E-state index is 14.3. The van der Waals surface area contributed by atoms with Crippen molar-refractivity contribution in [1.29, 1.82) is 0 Å². The summed E-state index contributed by atoms with van der Waals surface area (Å²) in [6, 6.07) is 19.5. The van der Waals surface area contributed by atoms with Crippen LogP contribution in [-0.4, -0.2) is 44.0 Å². The van der Waals surface area contributed by atoms with Gasteiger partial charge in [-0.15, -0.1) is 18.3 Å². The number of tetrazole rings is 1. The normalized spacial score (nSPS) is 19.0. The number of nitrogens with one attached hydrogen (secondary N) is 2. The van der Waals surface area contributed by atoms with E-state index in [0.717, 1.165) is 35.1 Å². The van der Waals surface area contributed by atoms with Gasteiger partial charge >= 0.3 is 6.36 Å². The van der Waals surface area contributed by atoms with E-state index < -0.39 is 12.3 Å². The molecule has 1 aromatic heterocycles. The zero-order valence-electron chi connectivity index (χ0n) is 23.0. The van der Waals surface area contributed by atoms with E-state index in [-0.39, 0.29) is 36.5 Å². The van der Waals surface area contributed by atoms with Crippen LogP contribution in [0.15, 0.2) is 66.7 Å². The summed E-state index contributed by atoms with van der Waals surface area (Å²) in [4.78, 5) is 16.0. The van der Waals surface area contributed by atoms with Gasteiger partial charge in [0.15, 0.2) is 6.23 Å². The molecule has 2 N–H and O–H groups in total.